The molecule has 132 valence electrons. The molecule has 1 amide bonds. The summed E-state index contributed by atoms with van der Waals surface area (Å²) >= 11 is 0. The first-order valence-electron chi connectivity index (χ1n) is 8.16. The fraction of sp³-hybridized carbons (Fsp3) is 0.200. The van der Waals surface area contributed by atoms with Crippen molar-refractivity contribution in [2.45, 2.75) is 19.9 Å². The summed E-state index contributed by atoms with van der Waals surface area (Å²) < 4.78 is 10.9. The van der Waals surface area contributed by atoms with Gasteiger partial charge < -0.3 is 19.6 Å². The van der Waals surface area contributed by atoms with E-state index in [0.717, 1.165) is 11.1 Å². The zero-order valence-electron chi connectivity index (χ0n) is 14.5. The molecule has 6 heteroatoms. The zero-order valence-corrected chi connectivity index (χ0v) is 14.5. The van der Waals surface area contributed by atoms with Crippen LogP contribution in [0.5, 0.6) is 11.5 Å². The summed E-state index contributed by atoms with van der Waals surface area (Å²) in [5.74, 6) is -0.156. The molecule has 2 aromatic carbocycles. The molecule has 0 aliphatic carbocycles. The highest BCUT2D eigenvalue weighted by Gasteiger charge is 2.36. The number of ether oxygens (including phenoxy) is 1. The molecule has 1 unspecified atom stereocenters. The molecule has 2 heterocycles. The lowest BCUT2D eigenvalue weighted by atomic mass is 9.98. The van der Waals surface area contributed by atoms with E-state index in [1.165, 1.54) is 13.2 Å². The quantitative estimate of drug-likeness (QED) is 0.741. The third-order valence-corrected chi connectivity index (χ3v) is 4.85. The van der Waals surface area contributed by atoms with Crippen molar-refractivity contribution < 1.29 is 19.1 Å². The van der Waals surface area contributed by atoms with Crippen molar-refractivity contribution in [3.8, 4) is 11.5 Å². The van der Waals surface area contributed by atoms with Gasteiger partial charge in [0.05, 0.1) is 24.1 Å². The zero-order chi connectivity index (χ0) is 18.6. The lowest BCUT2D eigenvalue weighted by Crippen LogP contribution is -2.22. The molecule has 3 aromatic rings. The minimum Gasteiger partial charge on any atom is -0.504 e. The predicted octanol–water partition coefficient (Wildman–Crippen LogP) is 2.96. The number of carbonyl (C=O) groups is 1. The first-order chi connectivity index (χ1) is 12.4. The van der Waals surface area contributed by atoms with Crippen LogP contribution in [0.1, 0.15) is 38.9 Å². The second-order valence-corrected chi connectivity index (χ2v) is 6.44. The molecule has 0 bridgehead atoms. The van der Waals surface area contributed by atoms with Crippen LogP contribution in [0.15, 0.2) is 39.5 Å². The number of phenols is 1. The summed E-state index contributed by atoms with van der Waals surface area (Å²) in [6, 6.07) is 7.61. The topological polar surface area (TPSA) is 88.8 Å². The van der Waals surface area contributed by atoms with Crippen LogP contribution in [0.25, 0.3) is 11.0 Å². The number of benzene rings is 2. The Hall–Kier alpha value is -3.28. The standard InChI is InChI=1S/C20H17NO5/c1-9-6-12-14(7-10(9)2)26-19-16(18(12)23)17(21-20(19)24)11-4-5-13(22)15(8-11)25-3/h4-8,17,22H,1-3H3,(H,21,24). The van der Waals surface area contributed by atoms with Gasteiger partial charge >= 0.3 is 0 Å². The molecule has 4 rings (SSSR count). The van der Waals surface area contributed by atoms with Gasteiger partial charge in [0.25, 0.3) is 5.91 Å². The minimum absolute atomic E-state index is 0.0163. The Morgan fingerprint density at radius 2 is 1.85 bits per heavy atom. The third-order valence-electron chi connectivity index (χ3n) is 4.85. The normalized spacial score (nSPS) is 15.8. The monoisotopic (exact) mass is 351 g/mol. The van der Waals surface area contributed by atoms with Crippen LogP contribution in [-0.4, -0.2) is 18.1 Å². The fourth-order valence-electron chi connectivity index (χ4n) is 3.29. The SMILES string of the molecule is COc1cc(C2NC(=O)c3oc4cc(C)c(C)cc4c(=O)c32)ccc1O. The Kier molecular flexibility index (Phi) is 3.50. The molecule has 0 fully saturated rings. The first kappa shape index (κ1) is 16.2. The van der Waals surface area contributed by atoms with Gasteiger partial charge in [0.2, 0.25) is 5.76 Å². The van der Waals surface area contributed by atoms with Gasteiger partial charge in [0.1, 0.15) is 5.58 Å². The molecule has 1 atom stereocenters. The number of amides is 1. The predicted molar refractivity (Wildman–Crippen MR) is 95.9 cm³/mol. The minimum atomic E-state index is -0.658. The molecule has 1 aromatic heterocycles. The molecule has 0 saturated heterocycles. The molecule has 0 saturated carbocycles. The van der Waals surface area contributed by atoms with E-state index in [1.807, 2.05) is 13.8 Å². The van der Waals surface area contributed by atoms with Gasteiger partial charge in [-0.1, -0.05) is 6.07 Å². The number of aryl methyl sites for hydroxylation is 2. The van der Waals surface area contributed by atoms with Gasteiger partial charge in [-0.15, -0.1) is 0 Å². The summed E-state index contributed by atoms with van der Waals surface area (Å²) in [6.45, 7) is 3.85. The molecule has 0 radical (unpaired) electrons. The number of phenolic OH excluding ortho intramolecular Hbond substituents is 1. The largest absolute Gasteiger partial charge is 0.504 e. The summed E-state index contributed by atoms with van der Waals surface area (Å²) in [5.41, 5.74) is 3.03. The van der Waals surface area contributed by atoms with Crippen LogP contribution < -0.4 is 15.5 Å². The number of rotatable bonds is 2. The number of hydrogen-bond donors (Lipinski definition) is 2. The molecule has 6 nitrogen and oxygen atoms in total. The van der Waals surface area contributed by atoms with Gasteiger partial charge in [-0.25, -0.2) is 0 Å². The van der Waals surface area contributed by atoms with Crippen LogP contribution in [-0.2, 0) is 0 Å². The smallest absolute Gasteiger partial charge is 0.288 e. The number of methoxy groups -OCH3 is 1. The van der Waals surface area contributed by atoms with E-state index in [-0.39, 0.29) is 28.3 Å². The van der Waals surface area contributed by atoms with Crippen molar-refractivity contribution in [1.82, 2.24) is 5.32 Å². The number of hydrogen-bond acceptors (Lipinski definition) is 5. The highest BCUT2D eigenvalue weighted by atomic mass is 16.5. The van der Waals surface area contributed by atoms with E-state index in [4.69, 9.17) is 9.15 Å². The molecular formula is C20H17NO5. The van der Waals surface area contributed by atoms with Crippen molar-refractivity contribution in [3.63, 3.8) is 0 Å². The molecule has 0 spiro atoms. The summed E-state index contributed by atoms with van der Waals surface area (Å²) in [5, 5.41) is 13.0. The van der Waals surface area contributed by atoms with Crippen LogP contribution in [0, 0.1) is 13.8 Å². The Labute approximate surface area is 149 Å². The van der Waals surface area contributed by atoms with Crippen molar-refractivity contribution in [2.75, 3.05) is 7.11 Å². The van der Waals surface area contributed by atoms with E-state index < -0.39 is 11.9 Å². The summed E-state index contributed by atoms with van der Waals surface area (Å²) in [4.78, 5) is 25.5. The van der Waals surface area contributed by atoms with E-state index in [0.29, 0.717) is 16.5 Å². The number of fused-ring (bicyclic) bond motifs is 2. The number of aromatic hydroxyl groups is 1. The Bertz CT molecular complexity index is 1130. The maximum atomic E-state index is 13.1. The van der Waals surface area contributed by atoms with Gasteiger partial charge in [-0.2, -0.15) is 0 Å². The van der Waals surface area contributed by atoms with Gasteiger partial charge in [-0.05, 0) is 54.8 Å². The number of nitrogens with one attached hydrogen (secondary N) is 1. The van der Waals surface area contributed by atoms with Crippen molar-refractivity contribution in [2.24, 2.45) is 0 Å². The first-order valence-corrected chi connectivity index (χ1v) is 8.16. The van der Waals surface area contributed by atoms with Gasteiger partial charge in [-0.3, -0.25) is 9.59 Å². The number of carbonyl (C=O) groups excluding carboxylic acids is 1. The molecular weight excluding hydrogens is 334 g/mol. The van der Waals surface area contributed by atoms with E-state index in [2.05, 4.69) is 5.32 Å². The van der Waals surface area contributed by atoms with Crippen LogP contribution >= 0.6 is 0 Å². The van der Waals surface area contributed by atoms with Gasteiger partial charge in [0, 0.05) is 0 Å². The Morgan fingerprint density at radius 1 is 1.12 bits per heavy atom. The summed E-state index contributed by atoms with van der Waals surface area (Å²) in [7, 11) is 1.44. The highest BCUT2D eigenvalue weighted by Crippen LogP contribution is 2.35. The Balaban J connectivity index is 1.97. The maximum Gasteiger partial charge on any atom is 0.288 e. The fourth-order valence-corrected chi connectivity index (χ4v) is 3.29. The second-order valence-electron chi connectivity index (χ2n) is 6.44. The van der Waals surface area contributed by atoms with Gasteiger partial charge in [0.15, 0.2) is 16.9 Å². The molecule has 2 N–H and O–H groups in total. The van der Waals surface area contributed by atoms with Crippen molar-refractivity contribution in [1.29, 1.82) is 0 Å². The van der Waals surface area contributed by atoms with E-state index in [9.17, 15) is 14.7 Å². The lowest BCUT2D eigenvalue weighted by molar-refractivity contribution is 0.0938. The van der Waals surface area contributed by atoms with Crippen LogP contribution in [0.4, 0.5) is 0 Å². The Morgan fingerprint density at radius 3 is 2.58 bits per heavy atom. The molecule has 26 heavy (non-hydrogen) atoms. The van der Waals surface area contributed by atoms with Crippen molar-refractivity contribution in [3.05, 3.63) is 68.6 Å². The third kappa shape index (κ3) is 2.26. The average molecular weight is 351 g/mol. The van der Waals surface area contributed by atoms with Crippen molar-refractivity contribution >= 4 is 16.9 Å². The van der Waals surface area contributed by atoms with Crippen LogP contribution in [0.2, 0.25) is 0 Å². The highest BCUT2D eigenvalue weighted by molar-refractivity contribution is 5.99. The molecule has 1 aliphatic heterocycles. The van der Waals surface area contributed by atoms with E-state index >= 15 is 0 Å². The molecule has 1 aliphatic rings. The lowest BCUT2D eigenvalue weighted by Gasteiger charge is -2.13. The second kappa shape index (κ2) is 5.62. The maximum absolute atomic E-state index is 13.1. The van der Waals surface area contributed by atoms with Crippen LogP contribution in [0.3, 0.4) is 0 Å². The van der Waals surface area contributed by atoms with E-state index in [1.54, 1.807) is 24.3 Å². The average Bonchev–Trinajstić information content (AvgIpc) is 2.94. The summed E-state index contributed by atoms with van der Waals surface area (Å²) in [6.07, 6.45) is 0.